The molecule has 0 aromatic rings. The maximum absolute atomic E-state index is 13.7. The van der Waals surface area contributed by atoms with Crippen molar-refractivity contribution >= 4 is 17.5 Å². The van der Waals surface area contributed by atoms with E-state index < -0.39 is 78.2 Å². The molecule has 0 aromatic heterocycles. The fourth-order valence-electron chi connectivity index (χ4n) is 6.18. The lowest BCUT2D eigenvalue weighted by molar-refractivity contribution is -0.168. The second-order valence-electron chi connectivity index (χ2n) is 12.6. The van der Waals surface area contributed by atoms with Crippen LogP contribution in [0.4, 0.5) is 0 Å². The topological polar surface area (TPSA) is 163 Å². The zero-order chi connectivity index (χ0) is 32.1. The van der Waals surface area contributed by atoms with Gasteiger partial charge in [-0.25, -0.2) is 4.79 Å². The first-order chi connectivity index (χ1) is 19.5. The zero-order valence-electron chi connectivity index (χ0n) is 26.5. The average molecular weight is 597 g/mol. The van der Waals surface area contributed by atoms with Crippen molar-refractivity contribution in [2.45, 2.75) is 110 Å². The van der Waals surface area contributed by atoms with Crippen LogP contribution >= 0.6 is 0 Å². The van der Waals surface area contributed by atoms with E-state index in [4.69, 9.17) is 14.2 Å². The predicted octanol–water partition coefficient (Wildman–Crippen LogP) is 2.40. The molecule has 10 nitrogen and oxygen atoms in total. The molecule has 2 rings (SSSR count). The number of hydrogen-bond donors (Lipinski definition) is 4. The molecule has 0 bridgehead atoms. The van der Waals surface area contributed by atoms with Crippen LogP contribution in [0.15, 0.2) is 23.8 Å². The number of carbonyl (C=O) groups is 3. The number of ketones is 2. The van der Waals surface area contributed by atoms with E-state index in [1.165, 1.54) is 14.0 Å². The summed E-state index contributed by atoms with van der Waals surface area (Å²) in [6, 6.07) is 0. The van der Waals surface area contributed by atoms with Crippen molar-refractivity contribution in [3.05, 3.63) is 23.8 Å². The molecular formula is C32H52O10. The molecule has 42 heavy (non-hydrogen) atoms. The maximum Gasteiger partial charge on any atom is 0.337 e. The molecule has 13 atom stereocenters. The van der Waals surface area contributed by atoms with Crippen molar-refractivity contribution in [3.63, 3.8) is 0 Å². The molecule has 4 N–H and O–H groups in total. The van der Waals surface area contributed by atoms with Gasteiger partial charge in [-0.2, -0.15) is 0 Å². The van der Waals surface area contributed by atoms with Gasteiger partial charge in [0.15, 0.2) is 6.10 Å². The number of hydrogen-bond acceptors (Lipinski definition) is 10. The molecule has 2 aliphatic heterocycles. The average Bonchev–Trinajstić information content (AvgIpc) is 3.66. The van der Waals surface area contributed by atoms with Gasteiger partial charge >= 0.3 is 5.97 Å². The van der Waals surface area contributed by atoms with E-state index in [2.05, 4.69) is 0 Å². The first-order valence-corrected chi connectivity index (χ1v) is 15.0. The van der Waals surface area contributed by atoms with E-state index in [-0.39, 0.29) is 30.1 Å². The summed E-state index contributed by atoms with van der Waals surface area (Å²) < 4.78 is 16.6. The standard InChI is InChI=1S/C32H52O10/c1-10-11-17(3)30-32(8,42-30)29(38)22-15-41-31(39)27(37)28(40-9)21(7)26(36)20(6)24(34)19(5)14-18(4)23(33)13-12-16(2)25(22)35/h10-11,14,16-18,20-24,27-30,33-34,37-38H,12-13,15H2,1-9H3/b11-10-,19-14+/t16-,17+,18+,20-,21-,22+,23+,24+,27-,28+,29+,30-,32+/m1/s1. The molecule has 0 unspecified atom stereocenters. The largest absolute Gasteiger partial charge is 0.463 e. The lowest BCUT2D eigenvalue weighted by Gasteiger charge is -2.31. The first kappa shape index (κ1) is 36.2. The van der Waals surface area contributed by atoms with Crippen LogP contribution in [0, 0.1) is 35.5 Å². The summed E-state index contributed by atoms with van der Waals surface area (Å²) in [6.45, 7) is 13.2. The van der Waals surface area contributed by atoms with Crippen LogP contribution in [0.5, 0.6) is 0 Å². The third kappa shape index (κ3) is 8.15. The fourth-order valence-corrected chi connectivity index (χ4v) is 6.18. The van der Waals surface area contributed by atoms with Gasteiger partial charge in [0.25, 0.3) is 0 Å². The third-order valence-corrected chi connectivity index (χ3v) is 9.27. The molecular weight excluding hydrogens is 544 g/mol. The summed E-state index contributed by atoms with van der Waals surface area (Å²) in [7, 11) is 1.25. The quantitative estimate of drug-likeness (QED) is 0.211. The monoisotopic (exact) mass is 596 g/mol. The number of allylic oxidation sites excluding steroid dienone is 1. The number of esters is 1. The molecule has 0 spiro atoms. The number of cyclic esters (lactones) is 1. The van der Waals surface area contributed by atoms with Crippen molar-refractivity contribution < 1.29 is 49.0 Å². The number of aliphatic hydroxyl groups is 4. The van der Waals surface area contributed by atoms with Crippen LogP contribution in [0.25, 0.3) is 0 Å². The molecule has 0 amide bonds. The van der Waals surface area contributed by atoms with Crippen molar-refractivity contribution in [2.24, 2.45) is 35.5 Å². The van der Waals surface area contributed by atoms with E-state index in [1.54, 1.807) is 40.7 Å². The molecule has 0 aliphatic carbocycles. The Morgan fingerprint density at radius 3 is 2.21 bits per heavy atom. The number of rotatable bonds is 5. The molecule has 1 saturated heterocycles. The van der Waals surface area contributed by atoms with E-state index in [1.807, 2.05) is 26.0 Å². The van der Waals surface area contributed by atoms with Crippen LogP contribution < -0.4 is 0 Å². The van der Waals surface area contributed by atoms with Crippen LogP contribution in [-0.4, -0.2) is 93.9 Å². The van der Waals surface area contributed by atoms with Gasteiger partial charge in [-0.05, 0) is 39.2 Å². The molecule has 0 radical (unpaired) electrons. The molecule has 0 aromatic carbocycles. The molecule has 240 valence electrons. The van der Waals surface area contributed by atoms with Gasteiger partial charge < -0.3 is 34.6 Å². The molecule has 10 heteroatoms. The summed E-state index contributed by atoms with van der Waals surface area (Å²) >= 11 is 0. The Morgan fingerprint density at radius 2 is 1.64 bits per heavy atom. The number of epoxide rings is 1. The van der Waals surface area contributed by atoms with Gasteiger partial charge in [0.1, 0.15) is 29.9 Å². The lowest BCUT2D eigenvalue weighted by atomic mass is 9.79. The summed E-state index contributed by atoms with van der Waals surface area (Å²) in [6.07, 6.45) is -0.659. The van der Waals surface area contributed by atoms with Crippen LogP contribution in [0.1, 0.15) is 68.2 Å². The Balaban J connectivity index is 2.44. The van der Waals surface area contributed by atoms with E-state index in [0.717, 1.165) is 0 Å². The third-order valence-electron chi connectivity index (χ3n) is 9.27. The second kappa shape index (κ2) is 15.2. The summed E-state index contributed by atoms with van der Waals surface area (Å²) in [5, 5.41) is 44.0. The van der Waals surface area contributed by atoms with Gasteiger partial charge in [-0.15, -0.1) is 0 Å². The van der Waals surface area contributed by atoms with Crippen molar-refractivity contribution in [3.8, 4) is 0 Å². The van der Waals surface area contributed by atoms with Crippen LogP contribution in [-0.2, 0) is 28.6 Å². The smallest absolute Gasteiger partial charge is 0.337 e. The normalized spacial score (nSPS) is 42.7. The number of carbonyl (C=O) groups excluding carboxylic acids is 3. The first-order valence-electron chi connectivity index (χ1n) is 15.0. The minimum absolute atomic E-state index is 0.0266. The predicted molar refractivity (Wildman–Crippen MR) is 156 cm³/mol. The SMILES string of the molecule is C/C=C\[C@H](C)[C@H]1O[C@@]1(C)[C@@H](O)[C@H]1COC(=O)[C@H](O)[C@@H](OC)[C@H](C)C(=O)[C@H](C)[C@@H](O)/C(C)=C/[C@H](C)[C@@H](O)CC[C@@H](C)C1=O. The number of aliphatic hydroxyl groups excluding tert-OH is 4. The van der Waals surface area contributed by atoms with Gasteiger partial charge in [-0.3, -0.25) is 9.59 Å². The number of methoxy groups -OCH3 is 1. The minimum Gasteiger partial charge on any atom is -0.463 e. The highest BCUT2D eigenvalue weighted by Gasteiger charge is 2.62. The van der Waals surface area contributed by atoms with Gasteiger partial charge in [-0.1, -0.05) is 52.8 Å². The number of Topliss-reactive ketones (excluding diaryl/α,β-unsaturated/α-hetero) is 2. The Kier molecular flexibility index (Phi) is 13.1. The van der Waals surface area contributed by atoms with Crippen LogP contribution in [0.3, 0.4) is 0 Å². The van der Waals surface area contributed by atoms with Crippen LogP contribution in [0.2, 0.25) is 0 Å². The van der Waals surface area contributed by atoms with Gasteiger partial charge in [0, 0.05) is 36.7 Å². The fraction of sp³-hybridized carbons (Fsp3) is 0.781. The Hall–Kier alpha value is -1.95. The summed E-state index contributed by atoms with van der Waals surface area (Å²) in [5.41, 5.74) is -0.555. The number of ether oxygens (including phenoxy) is 3. The molecule has 2 aliphatic rings. The molecule has 1 fully saturated rings. The van der Waals surface area contributed by atoms with Gasteiger partial charge in [0.2, 0.25) is 0 Å². The highest BCUT2D eigenvalue weighted by atomic mass is 16.6. The highest BCUT2D eigenvalue weighted by molar-refractivity contribution is 5.86. The molecule has 0 saturated carbocycles. The van der Waals surface area contributed by atoms with Crippen molar-refractivity contribution in [1.82, 2.24) is 0 Å². The Morgan fingerprint density at radius 1 is 1.02 bits per heavy atom. The van der Waals surface area contributed by atoms with Crippen molar-refractivity contribution in [1.29, 1.82) is 0 Å². The van der Waals surface area contributed by atoms with E-state index in [9.17, 15) is 34.8 Å². The van der Waals surface area contributed by atoms with E-state index in [0.29, 0.717) is 12.0 Å². The lowest BCUT2D eigenvalue weighted by Crippen LogP contribution is -2.48. The van der Waals surface area contributed by atoms with Crippen molar-refractivity contribution in [2.75, 3.05) is 13.7 Å². The summed E-state index contributed by atoms with van der Waals surface area (Å²) in [5.74, 6) is -5.91. The second-order valence-corrected chi connectivity index (χ2v) is 12.6. The Labute approximate surface area is 250 Å². The minimum atomic E-state index is -1.86. The zero-order valence-corrected chi connectivity index (χ0v) is 26.5. The Bertz CT molecular complexity index is 1010. The summed E-state index contributed by atoms with van der Waals surface area (Å²) in [4.78, 5) is 40.0. The molecule has 2 heterocycles. The van der Waals surface area contributed by atoms with E-state index >= 15 is 0 Å². The maximum atomic E-state index is 13.7. The highest BCUT2D eigenvalue weighted by Crippen LogP contribution is 2.47. The van der Waals surface area contributed by atoms with Gasteiger partial charge in [0.05, 0.1) is 30.3 Å².